The van der Waals surface area contributed by atoms with Gasteiger partial charge in [0.25, 0.3) is 0 Å². The quantitative estimate of drug-likeness (QED) is 0.901. The third-order valence-electron chi connectivity index (χ3n) is 2.53. The lowest BCUT2D eigenvalue weighted by molar-refractivity contribution is -0.121. The van der Waals surface area contributed by atoms with Crippen LogP contribution in [0.3, 0.4) is 0 Å². The molecule has 1 amide bonds. The van der Waals surface area contributed by atoms with E-state index in [1.807, 2.05) is 32.9 Å². The van der Waals surface area contributed by atoms with Crippen molar-refractivity contribution in [3.8, 4) is 0 Å². The van der Waals surface area contributed by atoms with Gasteiger partial charge in [-0.25, -0.2) is 4.98 Å². The van der Waals surface area contributed by atoms with Crippen LogP contribution in [0.4, 0.5) is 10.8 Å². The minimum Gasteiger partial charge on any atom is -0.375 e. The van der Waals surface area contributed by atoms with Gasteiger partial charge < -0.3 is 15.8 Å². The van der Waals surface area contributed by atoms with Crippen molar-refractivity contribution in [3.63, 3.8) is 0 Å². The number of rotatable bonds is 4. The van der Waals surface area contributed by atoms with E-state index in [-0.39, 0.29) is 18.6 Å². The van der Waals surface area contributed by atoms with E-state index in [0.29, 0.717) is 5.13 Å². The van der Waals surface area contributed by atoms with Crippen LogP contribution in [-0.4, -0.2) is 23.6 Å². The Bertz CT molecular complexity index is 607. The smallest absolute Gasteiger partial charge is 0.250 e. The van der Waals surface area contributed by atoms with E-state index in [2.05, 4.69) is 10.3 Å². The van der Waals surface area contributed by atoms with Crippen molar-refractivity contribution in [2.45, 2.75) is 26.9 Å². The van der Waals surface area contributed by atoms with Gasteiger partial charge in [0.15, 0.2) is 5.13 Å². The number of benzene rings is 1. The fourth-order valence-corrected chi connectivity index (χ4v) is 2.58. The summed E-state index contributed by atoms with van der Waals surface area (Å²) in [5, 5.41) is 3.35. The molecule has 0 spiro atoms. The number of carbonyl (C=O) groups excluding carboxylic acids is 1. The highest BCUT2D eigenvalue weighted by Crippen LogP contribution is 2.29. The first kappa shape index (κ1) is 13.8. The third-order valence-corrected chi connectivity index (χ3v) is 3.37. The molecular weight excluding hydrogens is 262 g/mol. The number of anilines is 2. The first-order chi connectivity index (χ1) is 8.95. The Morgan fingerprint density at radius 2 is 2.26 bits per heavy atom. The first-order valence-electron chi connectivity index (χ1n) is 6.04. The zero-order valence-electron chi connectivity index (χ0n) is 11.2. The molecule has 1 heterocycles. The molecule has 1 aromatic carbocycles. The van der Waals surface area contributed by atoms with Crippen LogP contribution in [0.5, 0.6) is 0 Å². The number of amides is 1. The highest BCUT2D eigenvalue weighted by molar-refractivity contribution is 7.22. The molecule has 2 rings (SSSR count). The van der Waals surface area contributed by atoms with E-state index in [1.54, 1.807) is 0 Å². The molecule has 3 N–H and O–H groups in total. The largest absolute Gasteiger partial charge is 0.375 e. The van der Waals surface area contributed by atoms with Crippen LogP contribution >= 0.6 is 11.3 Å². The van der Waals surface area contributed by atoms with Crippen molar-refractivity contribution >= 4 is 38.3 Å². The Kier molecular flexibility index (Phi) is 4.01. The molecule has 0 radical (unpaired) electrons. The average molecular weight is 279 g/mol. The Morgan fingerprint density at radius 1 is 1.53 bits per heavy atom. The van der Waals surface area contributed by atoms with Gasteiger partial charge in [0.1, 0.15) is 6.61 Å². The molecule has 0 bridgehead atoms. The molecular formula is C13H17N3O2S. The predicted molar refractivity (Wildman–Crippen MR) is 78.5 cm³/mol. The van der Waals surface area contributed by atoms with Gasteiger partial charge in [0.05, 0.1) is 16.3 Å². The van der Waals surface area contributed by atoms with Crippen LogP contribution in [0.15, 0.2) is 12.1 Å². The number of ether oxygens (including phenoxy) is 1. The lowest BCUT2D eigenvalue weighted by atomic mass is 10.2. The van der Waals surface area contributed by atoms with E-state index in [0.717, 1.165) is 21.5 Å². The molecule has 19 heavy (non-hydrogen) atoms. The van der Waals surface area contributed by atoms with Crippen LogP contribution in [0.2, 0.25) is 0 Å². The lowest BCUT2D eigenvalue weighted by Gasteiger charge is -2.09. The van der Waals surface area contributed by atoms with Gasteiger partial charge in [-0.3, -0.25) is 4.79 Å². The van der Waals surface area contributed by atoms with Crippen LogP contribution in [0.25, 0.3) is 10.2 Å². The molecule has 0 saturated carbocycles. The molecule has 0 fully saturated rings. The second kappa shape index (κ2) is 5.54. The summed E-state index contributed by atoms with van der Waals surface area (Å²) in [6, 6.07) is 3.76. The van der Waals surface area contributed by atoms with Crippen molar-refractivity contribution in [1.82, 2.24) is 4.98 Å². The Hall–Kier alpha value is -1.66. The Labute approximate surface area is 115 Å². The Balaban J connectivity index is 2.14. The molecule has 0 aliphatic rings. The number of thiazole rings is 1. The highest BCUT2D eigenvalue weighted by Gasteiger charge is 2.09. The fourth-order valence-electron chi connectivity index (χ4n) is 1.73. The molecule has 0 unspecified atom stereocenters. The summed E-state index contributed by atoms with van der Waals surface area (Å²) in [4.78, 5) is 15.9. The summed E-state index contributed by atoms with van der Waals surface area (Å²) in [6.45, 7) is 5.79. The SMILES string of the molecule is Cc1cc(NC(=O)COC(C)C)cc2sc(N)nc12. The summed E-state index contributed by atoms with van der Waals surface area (Å²) in [6.07, 6.45) is 0.0382. The second-order valence-electron chi connectivity index (χ2n) is 4.60. The van der Waals surface area contributed by atoms with Crippen molar-refractivity contribution in [3.05, 3.63) is 17.7 Å². The van der Waals surface area contributed by atoms with E-state index in [1.165, 1.54) is 11.3 Å². The van der Waals surface area contributed by atoms with E-state index >= 15 is 0 Å². The summed E-state index contributed by atoms with van der Waals surface area (Å²) >= 11 is 1.41. The average Bonchev–Trinajstić information content (AvgIpc) is 2.67. The van der Waals surface area contributed by atoms with Gasteiger partial charge in [-0.15, -0.1) is 0 Å². The summed E-state index contributed by atoms with van der Waals surface area (Å²) in [7, 11) is 0. The molecule has 102 valence electrons. The second-order valence-corrected chi connectivity index (χ2v) is 5.66. The first-order valence-corrected chi connectivity index (χ1v) is 6.85. The maximum absolute atomic E-state index is 11.7. The molecule has 6 heteroatoms. The summed E-state index contributed by atoms with van der Waals surface area (Å²) in [5.41, 5.74) is 8.31. The van der Waals surface area contributed by atoms with Crippen molar-refractivity contribution in [2.75, 3.05) is 17.7 Å². The lowest BCUT2D eigenvalue weighted by Crippen LogP contribution is -2.20. The number of aryl methyl sites for hydroxylation is 1. The number of nitrogens with one attached hydrogen (secondary N) is 1. The molecule has 0 atom stereocenters. The van der Waals surface area contributed by atoms with Gasteiger partial charge >= 0.3 is 0 Å². The van der Waals surface area contributed by atoms with E-state index < -0.39 is 0 Å². The van der Waals surface area contributed by atoms with Crippen LogP contribution < -0.4 is 11.1 Å². The number of hydrogen-bond donors (Lipinski definition) is 2. The molecule has 5 nitrogen and oxygen atoms in total. The molecule has 0 saturated heterocycles. The highest BCUT2D eigenvalue weighted by atomic mass is 32.1. The molecule has 2 aromatic rings. The predicted octanol–water partition coefficient (Wildman–Crippen LogP) is 2.55. The number of nitrogens with two attached hydrogens (primary N) is 1. The molecule has 0 aliphatic heterocycles. The Morgan fingerprint density at radius 3 is 2.95 bits per heavy atom. The van der Waals surface area contributed by atoms with Crippen LogP contribution in [0.1, 0.15) is 19.4 Å². The van der Waals surface area contributed by atoms with Gasteiger partial charge in [0.2, 0.25) is 5.91 Å². The number of aromatic nitrogens is 1. The molecule has 1 aromatic heterocycles. The zero-order chi connectivity index (χ0) is 14.0. The van der Waals surface area contributed by atoms with Gasteiger partial charge in [-0.1, -0.05) is 11.3 Å². The normalized spacial score (nSPS) is 11.2. The van der Waals surface area contributed by atoms with Crippen molar-refractivity contribution < 1.29 is 9.53 Å². The minimum atomic E-state index is -0.162. The van der Waals surface area contributed by atoms with Crippen LogP contribution in [0, 0.1) is 6.92 Å². The monoisotopic (exact) mass is 279 g/mol. The number of nitrogen functional groups attached to an aromatic ring is 1. The van der Waals surface area contributed by atoms with E-state index in [4.69, 9.17) is 10.5 Å². The standard InChI is InChI=1S/C13H17N3O2S/c1-7(2)18-6-11(17)15-9-4-8(3)12-10(5-9)19-13(14)16-12/h4-5,7H,6H2,1-3H3,(H2,14,16)(H,15,17). The summed E-state index contributed by atoms with van der Waals surface area (Å²) in [5.74, 6) is -0.162. The van der Waals surface area contributed by atoms with Crippen molar-refractivity contribution in [2.24, 2.45) is 0 Å². The fraction of sp³-hybridized carbons (Fsp3) is 0.385. The van der Waals surface area contributed by atoms with E-state index in [9.17, 15) is 4.79 Å². The van der Waals surface area contributed by atoms with Crippen molar-refractivity contribution in [1.29, 1.82) is 0 Å². The van der Waals surface area contributed by atoms with Crippen LogP contribution in [-0.2, 0) is 9.53 Å². The number of carbonyl (C=O) groups is 1. The zero-order valence-corrected chi connectivity index (χ0v) is 12.0. The third kappa shape index (κ3) is 3.42. The number of nitrogens with zero attached hydrogens (tertiary/aromatic N) is 1. The summed E-state index contributed by atoms with van der Waals surface area (Å²) < 4.78 is 6.23. The maximum atomic E-state index is 11.7. The topological polar surface area (TPSA) is 77.2 Å². The van der Waals surface area contributed by atoms with Gasteiger partial charge in [-0.05, 0) is 38.5 Å². The molecule has 0 aliphatic carbocycles. The minimum absolute atomic E-state index is 0.0382. The number of fused-ring (bicyclic) bond motifs is 1. The van der Waals surface area contributed by atoms with Gasteiger partial charge in [-0.2, -0.15) is 0 Å². The number of hydrogen-bond acceptors (Lipinski definition) is 5. The maximum Gasteiger partial charge on any atom is 0.250 e. The van der Waals surface area contributed by atoms with Gasteiger partial charge in [0, 0.05) is 5.69 Å².